The minimum Gasteiger partial charge on any atom is -0.461 e. The van der Waals surface area contributed by atoms with Crippen molar-refractivity contribution in [1.29, 1.82) is 0 Å². The van der Waals surface area contributed by atoms with Crippen LogP contribution >= 0.6 is 0 Å². The number of aromatic nitrogens is 1. The standard InChI is InChI=1S/C33H40FN3O4/c1-3-41-33(40)29-19-25-17-21(9-14-28(25)36(29)2)18-30(38)31-26(22-7-5-4-6-8-22)15-16-37(31)32(39)24-12-10-23(11-13-24)27(35)20-34/h4-9,14,17,19,23-24,26-27,31H,3,10-13,15-16,18,20,35H2,1-2H3/t23?,24?,26-,27?,31+/m1/s1. The van der Waals surface area contributed by atoms with E-state index in [1.54, 1.807) is 17.6 Å². The number of nitrogens with zero attached hydrogens (tertiary/aromatic N) is 2. The van der Waals surface area contributed by atoms with Gasteiger partial charge in [-0.3, -0.25) is 9.59 Å². The third-order valence-corrected chi connectivity index (χ3v) is 9.11. The Morgan fingerprint density at radius 2 is 1.76 bits per heavy atom. The van der Waals surface area contributed by atoms with Crippen molar-refractivity contribution in [3.8, 4) is 0 Å². The van der Waals surface area contributed by atoms with Crippen molar-refractivity contribution in [2.75, 3.05) is 19.8 Å². The first-order valence-electron chi connectivity index (χ1n) is 14.8. The first-order valence-corrected chi connectivity index (χ1v) is 14.8. The number of esters is 1. The minimum atomic E-state index is -0.544. The first kappa shape index (κ1) is 29.0. The number of rotatable bonds is 9. The SMILES string of the molecule is CCOC(=O)c1cc2cc(CC(=O)[C@@H]3[C@@H](c4ccccc4)CCN3C(=O)C3CCC(C(N)CF)CC3)ccc2n1C. The number of likely N-dealkylation sites (tertiary alicyclic amines) is 1. The molecule has 0 bridgehead atoms. The molecule has 1 saturated carbocycles. The molecule has 8 heteroatoms. The normalized spacial score (nSPS) is 23.5. The highest BCUT2D eigenvalue weighted by molar-refractivity contribution is 5.97. The second-order valence-corrected chi connectivity index (χ2v) is 11.6. The van der Waals surface area contributed by atoms with Gasteiger partial charge in [-0.15, -0.1) is 0 Å². The lowest BCUT2D eigenvalue weighted by Crippen LogP contribution is -2.47. The van der Waals surface area contributed by atoms with Crippen LogP contribution in [0.25, 0.3) is 10.9 Å². The van der Waals surface area contributed by atoms with Gasteiger partial charge in [0.05, 0.1) is 12.6 Å². The fourth-order valence-corrected chi connectivity index (χ4v) is 6.86. The smallest absolute Gasteiger partial charge is 0.354 e. The molecule has 2 aromatic carbocycles. The molecule has 2 heterocycles. The molecule has 5 rings (SSSR count). The van der Waals surface area contributed by atoms with Crippen molar-refractivity contribution in [2.24, 2.45) is 24.6 Å². The van der Waals surface area contributed by atoms with Crippen molar-refractivity contribution < 1.29 is 23.5 Å². The lowest BCUT2D eigenvalue weighted by molar-refractivity contribution is -0.142. The number of benzene rings is 2. The van der Waals surface area contributed by atoms with Crippen LogP contribution < -0.4 is 5.73 Å². The molecule has 2 fully saturated rings. The summed E-state index contributed by atoms with van der Waals surface area (Å²) in [7, 11) is 1.82. The van der Waals surface area contributed by atoms with Crippen LogP contribution in [0.2, 0.25) is 0 Å². The molecule has 1 aromatic heterocycles. The minimum absolute atomic E-state index is 0.0127. The third kappa shape index (κ3) is 5.94. The molecule has 41 heavy (non-hydrogen) atoms. The number of amides is 1. The zero-order valence-corrected chi connectivity index (χ0v) is 23.9. The van der Waals surface area contributed by atoms with Crippen LogP contribution in [0, 0.1) is 11.8 Å². The Morgan fingerprint density at radius 1 is 1.02 bits per heavy atom. The average Bonchev–Trinajstić information content (AvgIpc) is 3.58. The Hall–Kier alpha value is -3.52. The van der Waals surface area contributed by atoms with Crippen molar-refractivity contribution in [3.05, 3.63) is 71.4 Å². The van der Waals surface area contributed by atoms with Gasteiger partial charge in [0.15, 0.2) is 5.78 Å². The Morgan fingerprint density at radius 3 is 2.44 bits per heavy atom. The quantitative estimate of drug-likeness (QED) is 0.373. The fraction of sp³-hybridized carbons (Fsp3) is 0.485. The van der Waals surface area contributed by atoms with E-state index >= 15 is 0 Å². The molecule has 2 aliphatic rings. The fourth-order valence-electron chi connectivity index (χ4n) is 6.86. The van der Waals surface area contributed by atoms with Gasteiger partial charge in [0.2, 0.25) is 5.91 Å². The van der Waals surface area contributed by atoms with Crippen molar-refractivity contribution in [3.63, 3.8) is 0 Å². The first-order chi connectivity index (χ1) is 19.8. The number of fused-ring (bicyclic) bond motifs is 1. The molecule has 1 unspecified atom stereocenters. The summed E-state index contributed by atoms with van der Waals surface area (Å²) >= 11 is 0. The highest BCUT2D eigenvalue weighted by Crippen LogP contribution is 2.38. The number of alkyl halides is 1. The maximum absolute atomic E-state index is 14.0. The number of aryl methyl sites for hydroxylation is 1. The number of hydrogen-bond donors (Lipinski definition) is 1. The van der Waals surface area contributed by atoms with Gasteiger partial charge in [0.1, 0.15) is 12.4 Å². The van der Waals surface area contributed by atoms with E-state index in [0.717, 1.165) is 41.3 Å². The van der Waals surface area contributed by atoms with Crippen LogP contribution in [-0.2, 0) is 27.8 Å². The van der Waals surface area contributed by atoms with E-state index in [2.05, 4.69) is 0 Å². The molecule has 0 radical (unpaired) electrons. The number of Topliss-reactive ketones (excluding diaryl/α,β-unsaturated/α-hetero) is 1. The molecule has 3 aromatic rings. The van der Waals surface area contributed by atoms with Gasteiger partial charge in [0, 0.05) is 48.8 Å². The van der Waals surface area contributed by atoms with Crippen molar-refractivity contribution >= 4 is 28.6 Å². The second-order valence-electron chi connectivity index (χ2n) is 11.6. The molecule has 0 spiro atoms. The van der Waals surface area contributed by atoms with Gasteiger partial charge in [-0.25, -0.2) is 9.18 Å². The largest absolute Gasteiger partial charge is 0.461 e. The van der Waals surface area contributed by atoms with Crippen LogP contribution in [0.4, 0.5) is 4.39 Å². The summed E-state index contributed by atoms with van der Waals surface area (Å²) in [6, 6.07) is 16.6. The van der Waals surface area contributed by atoms with Crippen LogP contribution in [0.3, 0.4) is 0 Å². The summed E-state index contributed by atoms with van der Waals surface area (Å²) in [6.45, 7) is 2.08. The van der Waals surface area contributed by atoms with E-state index in [1.807, 2.05) is 60.5 Å². The topological polar surface area (TPSA) is 94.6 Å². The molecule has 1 aliphatic heterocycles. The molecule has 3 atom stereocenters. The van der Waals surface area contributed by atoms with Gasteiger partial charge >= 0.3 is 5.97 Å². The zero-order valence-electron chi connectivity index (χ0n) is 23.9. The monoisotopic (exact) mass is 561 g/mol. The van der Waals surface area contributed by atoms with E-state index in [4.69, 9.17) is 10.5 Å². The predicted molar refractivity (Wildman–Crippen MR) is 156 cm³/mol. The Labute approximate surface area is 240 Å². The lowest BCUT2D eigenvalue weighted by atomic mass is 9.78. The van der Waals surface area contributed by atoms with E-state index in [1.165, 1.54) is 0 Å². The molecule has 1 saturated heterocycles. The van der Waals surface area contributed by atoms with Crippen LogP contribution in [0.1, 0.15) is 66.6 Å². The number of ether oxygens (including phenoxy) is 1. The number of halogens is 1. The highest BCUT2D eigenvalue weighted by atomic mass is 19.1. The van der Waals surface area contributed by atoms with Gasteiger partial charge in [0.25, 0.3) is 0 Å². The number of hydrogen-bond acceptors (Lipinski definition) is 5. The predicted octanol–water partition coefficient (Wildman–Crippen LogP) is 4.95. The molecule has 1 aliphatic carbocycles. The number of carbonyl (C=O) groups excluding carboxylic acids is 3. The van der Waals surface area contributed by atoms with Gasteiger partial charge in [-0.05, 0) is 74.3 Å². The molecular weight excluding hydrogens is 521 g/mol. The zero-order chi connectivity index (χ0) is 29.1. The van der Waals surface area contributed by atoms with Crippen molar-refractivity contribution in [1.82, 2.24) is 9.47 Å². The number of nitrogens with two attached hydrogens (primary N) is 1. The summed E-state index contributed by atoms with van der Waals surface area (Å²) in [5.41, 5.74) is 9.20. The highest BCUT2D eigenvalue weighted by Gasteiger charge is 2.44. The summed E-state index contributed by atoms with van der Waals surface area (Å²) in [4.78, 5) is 42.1. The Kier molecular flexibility index (Phi) is 8.88. The molecule has 218 valence electrons. The maximum Gasteiger partial charge on any atom is 0.354 e. The Balaban J connectivity index is 1.37. The van der Waals surface area contributed by atoms with Crippen LogP contribution in [0.15, 0.2) is 54.6 Å². The van der Waals surface area contributed by atoms with Gasteiger partial charge in [-0.2, -0.15) is 0 Å². The van der Waals surface area contributed by atoms with Crippen molar-refractivity contribution in [2.45, 2.75) is 63.5 Å². The van der Waals surface area contributed by atoms with Gasteiger partial charge in [-0.1, -0.05) is 36.4 Å². The van der Waals surface area contributed by atoms with Crippen LogP contribution in [0.5, 0.6) is 0 Å². The van der Waals surface area contributed by atoms with Gasteiger partial charge < -0.3 is 19.9 Å². The third-order valence-electron chi connectivity index (χ3n) is 9.11. The van der Waals surface area contributed by atoms with E-state index in [0.29, 0.717) is 31.7 Å². The second kappa shape index (κ2) is 12.6. The Bertz CT molecular complexity index is 1400. The summed E-state index contributed by atoms with van der Waals surface area (Å²) in [6.07, 6.45) is 3.75. The molecule has 7 nitrogen and oxygen atoms in total. The molecule has 1 amide bonds. The van der Waals surface area contributed by atoms with E-state index in [9.17, 15) is 18.8 Å². The summed E-state index contributed by atoms with van der Waals surface area (Å²) in [5.74, 6) is -0.459. The van der Waals surface area contributed by atoms with E-state index in [-0.39, 0.29) is 41.8 Å². The van der Waals surface area contributed by atoms with Crippen LogP contribution in [-0.4, -0.2) is 59.0 Å². The van der Waals surface area contributed by atoms with E-state index < -0.39 is 18.8 Å². The molecular formula is C33H40FN3O4. The molecule has 2 N–H and O–H groups in total. The summed E-state index contributed by atoms with van der Waals surface area (Å²) < 4.78 is 20.1. The average molecular weight is 562 g/mol. The number of carbonyl (C=O) groups is 3. The lowest BCUT2D eigenvalue weighted by Gasteiger charge is -2.35. The number of ketones is 1. The summed E-state index contributed by atoms with van der Waals surface area (Å²) in [5, 5.41) is 0.864. The maximum atomic E-state index is 14.0.